The lowest BCUT2D eigenvalue weighted by Crippen LogP contribution is -2.26. The molecule has 0 atom stereocenters. The van der Waals surface area contributed by atoms with Crippen LogP contribution in [-0.4, -0.2) is 19.1 Å². The van der Waals surface area contributed by atoms with Crippen molar-refractivity contribution in [3.05, 3.63) is 35.1 Å². The Labute approximate surface area is 104 Å². The van der Waals surface area contributed by atoms with Crippen molar-refractivity contribution in [3.8, 4) is 0 Å². The maximum absolute atomic E-state index is 13.6. The number of benzene rings is 1. The zero-order valence-electron chi connectivity index (χ0n) is 11.0. The van der Waals surface area contributed by atoms with Gasteiger partial charge in [-0.05, 0) is 32.0 Å². The minimum Gasteiger partial charge on any atom is -0.314 e. The van der Waals surface area contributed by atoms with E-state index < -0.39 is 0 Å². The van der Waals surface area contributed by atoms with E-state index in [0.29, 0.717) is 18.2 Å². The maximum Gasteiger partial charge on any atom is 0.130 e. The summed E-state index contributed by atoms with van der Waals surface area (Å²) in [7, 11) is 0. The first-order chi connectivity index (χ1) is 8.11. The van der Waals surface area contributed by atoms with Crippen LogP contribution in [-0.2, 0) is 6.54 Å². The Morgan fingerprint density at radius 1 is 1.24 bits per heavy atom. The van der Waals surface area contributed by atoms with Crippen molar-refractivity contribution in [1.82, 2.24) is 10.6 Å². The quantitative estimate of drug-likeness (QED) is 0.714. The van der Waals surface area contributed by atoms with E-state index in [1.807, 2.05) is 12.1 Å². The van der Waals surface area contributed by atoms with Crippen molar-refractivity contribution in [2.45, 2.75) is 39.8 Å². The molecule has 96 valence electrons. The van der Waals surface area contributed by atoms with Gasteiger partial charge in [-0.3, -0.25) is 0 Å². The molecule has 17 heavy (non-hydrogen) atoms. The molecule has 0 bridgehead atoms. The van der Waals surface area contributed by atoms with Crippen molar-refractivity contribution in [3.63, 3.8) is 0 Å². The van der Waals surface area contributed by atoms with E-state index in [1.54, 1.807) is 13.0 Å². The van der Waals surface area contributed by atoms with E-state index in [9.17, 15) is 4.39 Å². The van der Waals surface area contributed by atoms with Crippen LogP contribution in [0.3, 0.4) is 0 Å². The Morgan fingerprint density at radius 3 is 2.71 bits per heavy atom. The average molecular weight is 238 g/mol. The molecule has 0 aromatic heterocycles. The van der Waals surface area contributed by atoms with Crippen molar-refractivity contribution in [1.29, 1.82) is 0 Å². The van der Waals surface area contributed by atoms with Crippen molar-refractivity contribution >= 4 is 0 Å². The Kier molecular flexibility index (Phi) is 6.16. The van der Waals surface area contributed by atoms with Crippen molar-refractivity contribution < 1.29 is 4.39 Å². The first kappa shape index (κ1) is 14.1. The molecule has 2 nitrogen and oxygen atoms in total. The summed E-state index contributed by atoms with van der Waals surface area (Å²) in [6.07, 6.45) is 1.06. The fourth-order valence-corrected chi connectivity index (χ4v) is 1.67. The molecule has 0 aliphatic heterocycles. The fraction of sp³-hybridized carbons (Fsp3) is 0.571. The topological polar surface area (TPSA) is 24.1 Å². The Bertz CT molecular complexity index is 337. The third-order valence-corrected chi connectivity index (χ3v) is 2.67. The predicted octanol–water partition coefficient (Wildman–Crippen LogP) is 2.61. The van der Waals surface area contributed by atoms with Crippen molar-refractivity contribution in [2.24, 2.45) is 0 Å². The van der Waals surface area contributed by atoms with Gasteiger partial charge >= 0.3 is 0 Å². The number of nitrogens with one attached hydrogen (secondary N) is 2. The minimum absolute atomic E-state index is 0.0831. The zero-order chi connectivity index (χ0) is 12.7. The van der Waals surface area contributed by atoms with Crippen molar-refractivity contribution in [2.75, 3.05) is 13.1 Å². The summed E-state index contributed by atoms with van der Waals surface area (Å²) >= 11 is 0. The molecule has 0 radical (unpaired) electrons. The third-order valence-electron chi connectivity index (χ3n) is 2.67. The minimum atomic E-state index is -0.0831. The van der Waals surface area contributed by atoms with Gasteiger partial charge in [0.2, 0.25) is 0 Å². The lowest BCUT2D eigenvalue weighted by molar-refractivity contribution is 0.538. The van der Waals surface area contributed by atoms with Gasteiger partial charge in [0.15, 0.2) is 0 Å². The van der Waals surface area contributed by atoms with E-state index in [1.165, 1.54) is 0 Å². The average Bonchev–Trinajstić information content (AvgIpc) is 2.28. The van der Waals surface area contributed by atoms with Crippen LogP contribution in [0.1, 0.15) is 31.4 Å². The van der Waals surface area contributed by atoms with Gasteiger partial charge < -0.3 is 10.6 Å². The Hall–Kier alpha value is -0.930. The number of hydrogen-bond acceptors (Lipinski definition) is 2. The second kappa shape index (κ2) is 7.41. The summed E-state index contributed by atoms with van der Waals surface area (Å²) in [5, 5.41) is 6.61. The highest BCUT2D eigenvalue weighted by Gasteiger charge is 2.03. The summed E-state index contributed by atoms with van der Waals surface area (Å²) in [5.41, 5.74) is 1.47. The van der Waals surface area contributed by atoms with E-state index in [2.05, 4.69) is 24.5 Å². The van der Waals surface area contributed by atoms with Gasteiger partial charge in [-0.15, -0.1) is 0 Å². The molecule has 0 spiro atoms. The molecule has 0 amide bonds. The highest BCUT2D eigenvalue weighted by atomic mass is 19.1. The SMILES string of the molecule is Cc1cccc(CNCCCNC(C)C)c1F. The van der Waals surface area contributed by atoms with Crippen LogP contribution in [0.5, 0.6) is 0 Å². The number of rotatable bonds is 7. The van der Waals surface area contributed by atoms with Gasteiger partial charge in [-0.25, -0.2) is 4.39 Å². The normalized spacial score (nSPS) is 11.1. The highest BCUT2D eigenvalue weighted by Crippen LogP contribution is 2.11. The van der Waals surface area contributed by atoms with Crippen LogP contribution in [0.2, 0.25) is 0 Å². The molecule has 1 aromatic carbocycles. The summed E-state index contributed by atoms with van der Waals surface area (Å²) < 4.78 is 13.6. The van der Waals surface area contributed by atoms with E-state index >= 15 is 0 Å². The highest BCUT2D eigenvalue weighted by molar-refractivity contribution is 5.24. The van der Waals surface area contributed by atoms with Crippen LogP contribution in [0.4, 0.5) is 4.39 Å². The first-order valence-corrected chi connectivity index (χ1v) is 6.29. The van der Waals surface area contributed by atoms with Gasteiger partial charge in [0.25, 0.3) is 0 Å². The van der Waals surface area contributed by atoms with Crippen LogP contribution in [0, 0.1) is 12.7 Å². The largest absolute Gasteiger partial charge is 0.314 e. The monoisotopic (exact) mass is 238 g/mol. The van der Waals surface area contributed by atoms with Gasteiger partial charge in [0.1, 0.15) is 5.82 Å². The second-order valence-electron chi connectivity index (χ2n) is 4.69. The van der Waals surface area contributed by atoms with Crippen LogP contribution < -0.4 is 10.6 Å². The Balaban J connectivity index is 2.20. The molecule has 0 fully saturated rings. The smallest absolute Gasteiger partial charge is 0.130 e. The summed E-state index contributed by atoms with van der Waals surface area (Å²) in [4.78, 5) is 0. The summed E-state index contributed by atoms with van der Waals surface area (Å²) in [6, 6.07) is 6.06. The molecule has 0 saturated carbocycles. The van der Waals surface area contributed by atoms with Crippen LogP contribution in [0.15, 0.2) is 18.2 Å². The standard InChI is InChI=1S/C14H23FN2/c1-11(2)17-9-5-8-16-10-13-7-4-6-12(3)14(13)15/h4,6-7,11,16-17H,5,8-10H2,1-3H3. The Morgan fingerprint density at radius 2 is 2.00 bits per heavy atom. The zero-order valence-corrected chi connectivity index (χ0v) is 11.0. The fourth-order valence-electron chi connectivity index (χ4n) is 1.67. The molecule has 0 heterocycles. The van der Waals surface area contributed by atoms with Gasteiger partial charge in [0, 0.05) is 18.2 Å². The number of aryl methyl sites for hydroxylation is 1. The molecular weight excluding hydrogens is 215 g/mol. The van der Waals surface area contributed by atoms with Crippen LogP contribution >= 0.6 is 0 Å². The maximum atomic E-state index is 13.6. The molecule has 1 rings (SSSR count). The molecule has 0 aliphatic rings. The van der Waals surface area contributed by atoms with Gasteiger partial charge in [0.05, 0.1) is 0 Å². The molecule has 3 heteroatoms. The van der Waals surface area contributed by atoms with E-state index in [4.69, 9.17) is 0 Å². The number of halogens is 1. The van der Waals surface area contributed by atoms with Gasteiger partial charge in [-0.1, -0.05) is 32.0 Å². The van der Waals surface area contributed by atoms with E-state index in [-0.39, 0.29) is 5.82 Å². The number of hydrogen-bond donors (Lipinski definition) is 2. The third kappa shape index (κ3) is 5.29. The molecule has 1 aromatic rings. The predicted molar refractivity (Wildman–Crippen MR) is 70.6 cm³/mol. The first-order valence-electron chi connectivity index (χ1n) is 6.29. The molecule has 0 unspecified atom stereocenters. The summed E-state index contributed by atoms with van der Waals surface area (Å²) in [5.74, 6) is -0.0831. The van der Waals surface area contributed by atoms with Gasteiger partial charge in [-0.2, -0.15) is 0 Å². The lowest BCUT2D eigenvalue weighted by atomic mass is 10.1. The van der Waals surface area contributed by atoms with E-state index in [0.717, 1.165) is 25.1 Å². The summed E-state index contributed by atoms with van der Waals surface area (Å²) in [6.45, 7) is 8.58. The molecular formula is C14H23FN2. The lowest BCUT2D eigenvalue weighted by Gasteiger charge is -2.09. The molecule has 2 N–H and O–H groups in total. The van der Waals surface area contributed by atoms with Crippen LogP contribution in [0.25, 0.3) is 0 Å². The molecule has 0 aliphatic carbocycles. The second-order valence-corrected chi connectivity index (χ2v) is 4.69. The molecule has 0 saturated heterocycles.